The molecule has 0 aliphatic carbocycles. The van der Waals surface area contributed by atoms with Gasteiger partial charge in [-0.1, -0.05) is 44.2 Å². The number of rotatable bonds is 8. The second kappa shape index (κ2) is 9.08. The highest BCUT2D eigenvalue weighted by Crippen LogP contribution is 2.32. The molecule has 2 rings (SSSR count). The van der Waals surface area contributed by atoms with Crippen molar-refractivity contribution in [3.8, 4) is 5.75 Å². The first-order valence-electron chi connectivity index (χ1n) is 8.83. The highest BCUT2D eigenvalue weighted by atomic mass is 19.4. The van der Waals surface area contributed by atoms with Gasteiger partial charge < -0.3 is 9.64 Å². The van der Waals surface area contributed by atoms with Crippen molar-refractivity contribution >= 4 is 0 Å². The molecule has 142 valence electrons. The van der Waals surface area contributed by atoms with Gasteiger partial charge in [-0.2, -0.15) is 13.2 Å². The van der Waals surface area contributed by atoms with E-state index in [4.69, 9.17) is 4.74 Å². The van der Waals surface area contributed by atoms with Gasteiger partial charge in [-0.3, -0.25) is 0 Å². The van der Waals surface area contributed by atoms with E-state index in [0.29, 0.717) is 11.7 Å². The molecular weight excluding hydrogens is 339 g/mol. The molecule has 0 fully saturated rings. The third-order valence-electron chi connectivity index (χ3n) is 4.08. The number of hydrogen-bond acceptors (Lipinski definition) is 2. The van der Waals surface area contributed by atoms with Gasteiger partial charge in [0.25, 0.3) is 0 Å². The third-order valence-corrected chi connectivity index (χ3v) is 4.08. The van der Waals surface area contributed by atoms with Crippen LogP contribution in [0.1, 0.15) is 37.5 Å². The monoisotopic (exact) mass is 365 g/mol. The highest BCUT2D eigenvalue weighted by molar-refractivity contribution is 5.30. The van der Waals surface area contributed by atoms with Crippen molar-refractivity contribution in [3.63, 3.8) is 0 Å². The smallest absolute Gasteiger partial charge is 0.416 e. The lowest BCUT2D eigenvalue weighted by molar-refractivity contribution is -0.137. The Labute approximate surface area is 153 Å². The van der Waals surface area contributed by atoms with Crippen LogP contribution in [0.4, 0.5) is 13.2 Å². The number of nitrogens with zero attached hydrogens (tertiary/aromatic N) is 1. The standard InChI is InChI=1S/C21H26F3NO/c1-16(2)15-25(3)14-13-20(17-7-5-4-6-8-17)26-19-11-9-18(10-12-19)21(22,23)24/h4-12,16,20H,13-15H2,1-3H3. The van der Waals surface area contributed by atoms with Crippen molar-refractivity contribution in [2.24, 2.45) is 5.92 Å². The van der Waals surface area contributed by atoms with E-state index in [9.17, 15) is 13.2 Å². The second-order valence-electron chi connectivity index (χ2n) is 6.98. The molecule has 0 saturated carbocycles. The maximum atomic E-state index is 12.7. The molecule has 2 aromatic carbocycles. The Morgan fingerprint density at radius 1 is 0.962 bits per heavy atom. The summed E-state index contributed by atoms with van der Waals surface area (Å²) in [6.07, 6.45) is -3.78. The summed E-state index contributed by atoms with van der Waals surface area (Å²) in [6.45, 7) is 6.17. The number of hydrogen-bond donors (Lipinski definition) is 0. The molecule has 2 nitrogen and oxygen atoms in total. The van der Waals surface area contributed by atoms with Crippen molar-refractivity contribution < 1.29 is 17.9 Å². The van der Waals surface area contributed by atoms with Crippen LogP contribution in [-0.4, -0.2) is 25.0 Å². The molecule has 1 unspecified atom stereocenters. The minimum Gasteiger partial charge on any atom is -0.486 e. The van der Waals surface area contributed by atoms with Crippen LogP contribution in [-0.2, 0) is 6.18 Å². The second-order valence-corrected chi connectivity index (χ2v) is 6.98. The number of ether oxygens (including phenoxy) is 1. The van der Waals surface area contributed by atoms with E-state index in [1.54, 1.807) is 0 Å². The minimum atomic E-state index is -4.34. The van der Waals surface area contributed by atoms with Crippen molar-refractivity contribution in [1.82, 2.24) is 4.90 Å². The first-order chi connectivity index (χ1) is 12.3. The summed E-state index contributed by atoms with van der Waals surface area (Å²) >= 11 is 0. The van der Waals surface area contributed by atoms with Crippen LogP contribution >= 0.6 is 0 Å². The predicted molar refractivity (Wildman–Crippen MR) is 98.2 cm³/mol. The Kier molecular flexibility index (Phi) is 7.09. The van der Waals surface area contributed by atoms with Crippen LogP contribution in [0.15, 0.2) is 54.6 Å². The summed E-state index contributed by atoms with van der Waals surface area (Å²) < 4.78 is 44.2. The lowest BCUT2D eigenvalue weighted by Crippen LogP contribution is -2.26. The average molecular weight is 365 g/mol. The van der Waals surface area contributed by atoms with E-state index in [1.807, 2.05) is 30.3 Å². The minimum absolute atomic E-state index is 0.206. The molecule has 0 amide bonds. The first-order valence-corrected chi connectivity index (χ1v) is 8.83. The maximum absolute atomic E-state index is 12.7. The van der Waals surface area contributed by atoms with Crippen LogP contribution in [0.5, 0.6) is 5.75 Å². The average Bonchev–Trinajstić information content (AvgIpc) is 2.58. The molecule has 0 N–H and O–H groups in total. The molecule has 1 atom stereocenters. The quantitative estimate of drug-likeness (QED) is 0.586. The molecule has 5 heteroatoms. The van der Waals surface area contributed by atoms with E-state index in [-0.39, 0.29) is 6.10 Å². The summed E-state index contributed by atoms with van der Waals surface area (Å²) in [6, 6.07) is 14.7. The normalized spacial score (nSPS) is 13.2. The Bertz CT molecular complexity index is 653. The zero-order chi connectivity index (χ0) is 19.2. The Hall–Kier alpha value is -2.01. The summed E-state index contributed by atoms with van der Waals surface area (Å²) in [7, 11) is 2.07. The van der Waals surface area contributed by atoms with Gasteiger partial charge in [0.1, 0.15) is 11.9 Å². The largest absolute Gasteiger partial charge is 0.486 e. The summed E-state index contributed by atoms with van der Waals surface area (Å²) in [5.74, 6) is 1.02. The topological polar surface area (TPSA) is 12.5 Å². The third kappa shape index (κ3) is 6.37. The van der Waals surface area contributed by atoms with Crippen LogP contribution in [0.3, 0.4) is 0 Å². The fourth-order valence-corrected chi connectivity index (χ4v) is 2.90. The van der Waals surface area contributed by atoms with Crippen LogP contribution in [0, 0.1) is 5.92 Å². The lowest BCUT2D eigenvalue weighted by Gasteiger charge is -2.24. The Balaban J connectivity index is 2.09. The Morgan fingerprint density at radius 2 is 1.58 bits per heavy atom. The summed E-state index contributed by atoms with van der Waals surface area (Å²) in [5.41, 5.74) is 0.350. The van der Waals surface area contributed by atoms with Gasteiger partial charge in [0.05, 0.1) is 5.56 Å². The molecule has 26 heavy (non-hydrogen) atoms. The molecule has 0 radical (unpaired) electrons. The SMILES string of the molecule is CC(C)CN(C)CCC(Oc1ccc(C(F)(F)F)cc1)c1ccccc1. The van der Waals surface area contributed by atoms with Crippen molar-refractivity contribution in [2.45, 2.75) is 32.5 Å². The zero-order valence-electron chi connectivity index (χ0n) is 15.5. The van der Waals surface area contributed by atoms with Gasteiger partial charge in [0, 0.05) is 19.5 Å². The molecule has 0 heterocycles. The van der Waals surface area contributed by atoms with E-state index >= 15 is 0 Å². The van der Waals surface area contributed by atoms with Gasteiger partial charge in [-0.15, -0.1) is 0 Å². The highest BCUT2D eigenvalue weighted by Gasteiger charge is 2.30. The summed E-state index contributed by atoms with van der Waals surface area (Å²) in [4.78, 5) is 2.25. The molecule has 0 aromatic heterocycles. The van der Waals surface area contributed by atoms with Crippen LogP contribution in [0.2, 0.25) is 0 Å². The molecule has 0 aliphatic heterocycles. The van der Waals surface area contributed by atoms with Gasteiger partial charge in [0.2, 0.25) is 0 Å². The molecular formula is C21H26F3NO. The number of halogens is 3. The first kappa shape index (κ1) is 20.3. The summed E-state index contributed by atoms with van der Waals surface area (Å²) in [5, 5.41) is 0. The van der Waals surface area contributed by atoms with Gasteiger partial charge >= 0.3 is 6.18 Å². The van der Waals surface area contributed by atoms with Crippen molar-refractivity contribution in [3.05, 3.63) is 65.7 Å². The van der Waals surface area contributed by atoms with E-state index in [0.717, 1.165) is 37.2 Å². The lowest BCUT2D eigenvalue weighted by atomic mass is 10.1. The van der Waals surface area contributed by atoms with Gasteiger partial charge in [-0.25, -0.2) is 0 Å². The van der Waals surface area contributed by atoms with Gasteiger partial charge in [0.15, 0.2) is 0 Å². The van der Waals surface area contributed by atoms with Crippen molar-refractivity contribution in [2.75, 3.05) is 20.1 Å². The fraction of sp³-hybridized carbons (Fsp3) is 0.429. The van der Waals surface area contributed by atoms with Crippen molar-refractivity contribution in [1.29, 1.82) is 0 Å². The van der Waals surface area contributed by atoms with E-state index < -0.39 is 11.7 Å². The number of alkyl halides is 3. The maximum Gasteiger partial charge on any atom is 0.416 e. The molecule has 2 aromatic rings. The predicted octanol–water partition coefficient (Wildman–Crippen LogP) is 5.80. The Morgan fingerprint density at radius 3 is 2.12 bits per heavy atom. The van der Waals surface area contributed by atoms with E-state index in [1.165, 1.54) is 12.1 Å². The fourth-order valence-electron chi connectivity index (χ4n) is 2.90. The van der Waals surface area contributed by atoms with Gasteiger partial charge in [-0.05, 0) is 42.8 Å². The molecule has 0 spiro atoms. The molecule has 0 saturated heterocycles. The molecule has 0 aliphatic rings. The zero-order valence-corrected chi connectivity index (χ0v) is 15.5. The van der Waals surface area contributed by atoms with Crippen LogP contribution in [0.25, 0.3) is 0 Å². The van der Waals surface area contributed by atoms with E-state index in [2.05, 4.69) is 25.8 Å². The van der Waals surface area contributed by atoms with Crippen LogP contribution < -0.4 is 4.74 Å². The number of benzene rings is 2. The molecule has 0 bridgehead atoms.